The number of hydrogen-bond donors (Lipinski definition) is 3. The number of nitrogens with zero attached hydrogens (tertiary/aromatic N) is 1. The largest absolute Gasteiger partial charge is 0.394 e. The third kappa shape index (κ3) is 4.35. The molecule has 0 amide bonds. The van der Waals surface area contributed by atoms with Crippen LogP contribution in [0.15, 0.2) is 0 Å². The molecule has 0 spiro atoms. The minimum absolute atomic E-state index is 0.222. The van der Waals surface area contributed by atoms with Gasteiger partial charge in [-0.1, -0.05) is 0 Å². The third-order valence-corrected chi connectivity index (χ3v) is 3.30. The van der Waals surface area contributed by atoms with E-state index in [0.717, 1.165) is 6.54 Å². The maximum atomic E-state index is 10.3. The predicted molar refractivity (Wildman–Crippen MR) is 69.9 cm³/mol. The van der Waals surface area contributed by atoms with Crippen LogP contribution in [-0.2, 0) is 14.2 Å². The highest BCUT2D eigenvalue weighted by Crippen LogP contribution is 2.23. The highest BCUT2D eigenvalue weighted by atomic mass is 16.7. The molecule has 0 aromatic rings. The van der Waals surface area contributed by atoms with Crippen LogP contribution in [0, 0.1) is 0 Å². The van der Waals surface area contributed by atoms with Crippen molar-refractivity contribution in [2.24, 2.45) is 0 Å². The number of ether oxygens (including phenoxy) is 3. The highest BCUT2D eigenvalue weighted by Gasteiger charge is 2.45. The van der Waals surface area contributed by atoms with Gasteiger partial charge in [-0.2, -0.15) is 0 Å². The summed E-state index contributed by atoms with van der Waals surface area (Å²) in [7, 11) is 6.95. The van der Waals surface area contributed by atoms with E-state index in [1.807, 2.05) is 19.0 Å². The lowest BCUT2D eigenvalue weighted by atomic mass is 9.96. The monoisotopic (exact) mass is 278 g/mol. The molecule has 1 aliphatic heterocycles. The molecule has 7 heteroatoms. The molecule has 0 bridgehead atoms. The van der Waals surface area contributed by atoms with Crippen molar-refractivity contribution in [1.29, 1.82) is 0 Å². The summed E-state index contributed by atoms with van der Waals surface area (Å²) < 4.78 is 16.0. The van der Waals surface area contributed by atoms with Gasteiger partial charge in [0.05, 0.1) is 12.6 Å². The Hall–Kier alpha value is -0.280. The van der Waals surface area contributed by atoms with Crippen LogP contribution in [0.4, 0.5) is 0 Å². The van der Waals surface area contributed by atoms with Crippen molar-refractivity contribution in [1.82, 2.24) is 10.2 Å². The SMILES string of the molecule is COC1OC(CO)C(OC)C(O)C1NCCN(C)C. The predicted octanol–water partition coefficient (Wildman–Crippen LogP) is -1.75. The van der Waals surface area contributed by atoms with Crippen LogP contribution in [0.25, 0.3) is 0 Å². The first-order valence-electron chi connectivity index (χ1n) is 6.43. The average molecular weight is 278 g/mol. The fourth-order valence-electron chi connectivity index (χ4n) is 2.23. The molecule has 1 saturated heterocycles. The molecule has 3 N–H and O–H groups in total. The summed E-state index contributed by atoms with van der Waals surface area (Å²) in [6, 6.07) is -0.391. The molecule has 7 nitrogen and oxygen atoms in total. The topological polar surface area (TPSA) is 83.4 Å². The highest BCUT2D eigenvalue weighted by molar-refractivity contribution is 4.94. The molecule has 1 rings (SSSR count). The molecule has 0 radical (unpaired) electrons. The Morgan fingerprint density at radius 2 is 1.95 bits per heavy atom. The second-order valence-corrected chi connectivity index (χ2v) is 4.94. The second-order valence-electron chi connectivity index (χ2n) is 4.94. The molecule has 0 saturated carbocycles. The molecule has 114 valence electrons. The van der Waals surface area contributed by atoms with Crippen molar-refractivity contribution in [2.45, 2.75) is 30.6 Å². The van der Waals surface area contributed by atoms with Crippen LogP contribution in [0.3, 0.4) is 0 Å². The van der Waals surface area contributed by atoms with E-state index in [4.69, 9.17) is 14.2 Å². The Bertz CT molecular complexity index is 254. The summed E-state index contributed by atoms with van der Waals surface area (Å²) in [5.74, 6) is 0. The van der Waals surface area contributed by atoms with Gasteiger partial charge in [0.1, 0.15) is 18.3 Å². The van der Waals surface area contributed by atoms with Gasteiger partial charge in [0, 0.05) is 27.3 Å². The summed E-state index contributed by atoms with van der Waals surface area (Å²) in [6.07, 6.45) is -2.58. The van der Waals surface area contributed by atoms with Crippen LogP contribution >= 0.6 is 0 Å². The molecule has 0 aromatic carbocycles. The maximum absolute atomic E-state index is 10.3. The fourth-order valence-corrected chi connectivity index (χ4v) is 2.23. The van der Waals surface area contributed by atoms with Gasteiger partial charge in [0.2, 0.25) is 0 Å². The summed E-state index contributed by atoms with van der Waals surface area (Å²) in [6.45, 7) is 1.30. The van der Waals surface area contributed by atoms with Gasteiger partial charge in [-0.25, -0.2) is 0 Å². The Morgan fingerprint density at radius 1 is 1.26 bits per heavy atom. The number of aliphatic hydroxyl groups excluding tert-OH is 2. The lowest BCUT2D eigenvalue weighted by Crippen LogP contribution is -2.64. The first kappa shape index (κ1) is 16.8. The van der Waals surface area contributed by atoms with E-state index in [9.17, 15) is 10.2 Å². The molecule has 19 heavy (non-hydrogen) atoms. The fraction of sp³-hybridized carbons (Fsp3) is 1.00. The zero-order chi connectivity index (χ0) is 14.4. The molecule has 1 fully saturated rings. The first-order chi connectivity index (χ1) is 9.04. The van der Waals surface area contributed by atoms with Gasteiger partial charge >= 0.3 is 0 Å². The van der Waals surface area contributed by atoms with E-state index in [0.29, 0.717) is 6.54 Å². The van der Waals surface area contributed by atoms with Crippen LogP contribution in [-0.4, -0.2) is 93.8 Å². The Kier molecular flexibility index (Phi) is 7.16. The van der Waals surface area contributed by atoms with E-state index in [2.05, 4.69) is 5.32 Å². The number of hydrogen-bond acceptors (Lipinski definition) is 7. The van der Waals surface area contributed by atoms with Crippen molar-refractivity contribution < 1.29 is 24.4 Å². The minimum atomic E-state index is -0.803. The number of rotatable bonds is 7. The van der Waals surface area contributed by atoms with Gasteiger partial charge in [0.15, 0.2) is 6.29 Å². The molecule has 0 aliphatic carbocycles. The second kappa shape index (κ2) is 8.11. The van der Waals surface area contributed by atoms with Gasteiger partial charge in [-0.05, 0) is 14.1 Å². The number of methoxy groups -OCH3 is 2. The summed E-state index contributed by atoms with van der Waals surface area (Å²) in [5.41, 5.74) is 0. The van der Waals surface area contributed by atoms with Crippen molar-refractivity contribution in [3.8, 4) is 0 Å². The Morgan fingerprint density at radius 3 is 2.42 bits per heavy atom. The van der Waals surface area contributed by atoms with E-state index >= 15 is 0 Å². The van der Waals surface area contributed by atoms with Crippen LogP contribution in [0.1, 0.15) is 0 Å². The van der Waals surface area contributed by atoms with Gasteiger partial charge in [-0.15, -0.1) is 0 Å². The first-order valence-corrected chi connectivity index (χ1v) is 6.43. The molecular weight excluding hydrogens is 252 g/mol. The summed E-state index contributed by atoms with van der Waals surface area (Å²) in [4.78, 5) is 2.04. The van der Waals surface area contributed by atoms with Crippen molar-refractivity contribution in [3.05, 3.63) is 0 Å². The molecule has 1 heterocycles. The number of aliphatic hydroxyl groups is 2. The lowest BCUT2D eigenvalue weighted by molar-refractivity contribution is -0.267. The lowest BCUT2D eigenvalue weighted by Gasteiger charge is -2.43. The van der Waals surface area contributed by atoms with E-state index < -0.39 is 30.6 Å². The van der Waals surface area contributed by atoms with Gasteiger partial charge < -0.3 is 34.6 Å². The molecule has 1 aliphatic rings. The average Bonchev–Trinajstić information content (AvgIpc) is 2.39. The van der Waals surface area contributed by atoms with Crippen molar-refractivity contribution in [2.75, 3.05) is 48.0 Å². The van der Waals surface area contributed by atoms with E-state index in [-0.39, 0.29) is 6.61 Å². The quantitative estimate of drug-likeness (QED) is 0.509. The summed E-state index contributed by atoms with van der Waals surface area (Å²) >= 11 is 0. The maximum Gasteiger partial charge on any atom is 0.175 e. The number of nitrogens with one attached hydrogen (secondary N) is 1. The molecule has 5 atom stereocenters. The van der Waals surface area contributed by atoms with Crippen LogP contribution in [0.5, 0.6) is 0 Å². The van der Waals surface area contributed by atoms with Crippen LogP contribution < -0.4 is 5.32 Å². The number of likely N-dealkylation sites (N-methyl/N-ethyl adjacent to an activating group) is 1. The van der Waals surface area contributed by atoms with Crippen molar-refractivity contribution >= 4 is 0 Å². The Labute approximate surface area is 114 Å². The van der Waals surface area contributed by atoms with E-state index in [1.54, 1.807) is 0 Å². The third-order valence-electron chi connectivity index (χ3n) is 3.30. The minimum Gasteiger partial charge on any atom is -0.394 e. The van der Waals surface area contributed by atoms with E-state index in [1.165, 1.54) is 14.2 Å². The van der Waals surface area contributed by atoms with Gasteiger partial charge in [-0.3, -0.25) is 0 Å². The zero-order valence-electron chi connectivity index (χ0n) is 12.1. The Balaban J connectivity index is 2.64. The van der Waals surface area contributed by atoms with Crippen molar-refractivity contribution in [3.63, 3.8) is 0 Å². The van der Waals surface area contributed by atoms with Crippen LogP contribution in [0.2, 0.25) is 0 Å². The smallest absolute Gasteiger partial charge is 0.175 e. The molecular formula is C12H26N2O5. The van der Waals surface area contributed by atoms with Gasteiger partial charge in [0.25, 0.3) is 0 Å². The molecule has 5 unspecified atom stereocenters. The zero-order valence-corrected chi connectivity index (χ0v) is 12.1. The standard InChI is InChI=1S/C12H26N2O5/c1-14(2)6-5-13-9-10(16)11(17-3)8(7-15)19-12(9)18-4/h8-13,15-16H,5-7H2,1-4H3. The summed E-state index contributed by atoms with van der Waals surface area (Å²) in [5, 5.41) is 22.8. The normalized spacial score (nSPS) is 35.8. The molecule has 0 aromatic heterocycles.